The summed E-state index contributed by atoms with van der Waals surface area (Å²) in [6.07, 6.45) is 3.11. The molecule has 0 fully saturated rings. The maximum atomic E-state index is 12.4. The first-order valence-corrected chi connectivity index (χ1v) is 9.70. The molecule has 3 rings (SSSR count). The molecule has 1 N–H and O–H groups in total. The van der Waals surface area contributed by atoms with Crippen molar-refractivity contribution in [3.05, 3.63) is 75.7 Å². The predicted molar refractivity (Wildman–Crippen MR) is 117 cm³/mol. The predicted octanol–water partition coefficient (Wildman–Crippen LogP) is 4.23. The molecule has 0 saturated carbocycles. The van der Waals surface area contributed by atoms with Gasteiger partial charge < -0.3 is 19.2 Å². The van der Waals surface area contributed by atoms with E-state index in [-0.39, 0.29) is 18.6 Å². The van der Waals surface area contributed by atoms with E-state index in [0.717, 1.165) is 22.3 Å². The van der Waals surface area contributed by atoms with Crippen molar-refractivity contribution in [3.8, 4) is 11.5 Å². The monoisotopic (exact) mass is 407 g/mol. The zero-order valence-corrected chi connectivity index (χ0v) is 17.5. The van der Waals surface area contributed by atoms with Gasteiger partial charge in [0.05, 0.1) is 25.3 Å². The van der Waals surface area contributed by atoms with Gasteiger partial charge in [-0.15, -0.1) is 0 Å². The minimum absolute atomic E-state index is 0.0663. The van der Waals surface area contributed by atoms with Crippen LogP contribution >= 0.6 is 0 Å². The third kappa shape index (κ3) is 5.08. The van der Waals surface area contributed by atoms with Crippen LogP contribution in [0.3, 0.4) is 0 Å². The van der Waals surface area contributed by atoms with E-state index in [1.807, 2.05) is 57.2 Å². The summed E-state index contributed by atoms with van der Waals surface area (Å²) in [6, 6.07) is 12.5. The summed E-state index contributed by atoms with van der Waals surface area (Å²) in [4.78, 5) is 24.3. The molecule has 3 aromatic rings. The van der Waals surface area contributed by atoms with Crippen molar-refractivity contribution in [2.45, 2.75) is 33.4 Å². The Morgan fingerprint density at radius 2 is 1.90 bits per heavy atom. The van der Waals surface area contributed by atoms with Gasteiger partial charge in [-0.1, -0.05) is 12.1 Å². The Balaban J connectivity index is 1.83. The summed E-state index contributed by atoms with van der Waals surface area (Å²) < 4.78 is 16.5. The van der Waals surface area contributed by atoms with Crippen LogP contribution in [0.15, 0.2) is 57.8 Å². The van der Waals surface area contributed by atoms with Gasteiger partial charge in [-0.2, -0.15) is 0 Å². The molecule has 0 saturated heterocycles. The van der Waals surface area contributed by atoms with Gasteiger partial charge in [-0.05, 0) is 62.2 Å². The maximum Gasteiger partial charge on any atom is 0.336 e. The van der Waals surface area contributed by atoms with Gasteiger partial charge in [-0.3, -0.25) is 4.79 Å². The van der Waals surface area contributed by atoms with E-state index in [1.165, 1.54) is 12.1 Å². The number of methoxy groups -OCH3 is 1. The Kier molecular flexibility index (Phi) is 6.57. The van der Waals surface area contributed by atoms with E-state index >= 15 is 0 Å². The topological polar surface area (TPSA) is 77.8 Å². The molecule has 0 spiro atoms. The van der Waals surface area contributed by atoms with Gasteiger partial charge >= 0.3 is 5.63 Å². The molecule has 1 amide bonds. The molecule has 0 aliphatic rings. The second kappa shape index (κ2) is 9.31. The molecule has 6 nitrogen and oxygen atoms in total. The van der Waals surface area contributed by atoms with Crippen molar-refractivity contribution >= 4 is 23.0 Å². The number of hydrogen-bond acceptors (Lipinski definition) is 5. The van der Waals surface area contributed by atoms with Crippen LogP contribution in [0.25, 0.3) is 17.0 Å². The first-order valence-electron chi connectivity index (χ1n) is 9.70. The molecular weight excluding hydrogens is 382 g/mol. The van der Waals surface area contributed by atoms with E-state index < -0.39 is 5.63 Å². The van der Waals surface area contributed by atoms with Gasteiger partial charge in [0, 0.05) is 17.5 Å². The average molecular weight is 407 g/mol. The van der Waals surface area contributed by atoms with Gasteiger partial charge in [-0.25, -0.2) is 4.79 Å². The van der Waals surface area contributed by atoms with E-state index in [4.69, 9.17) is 13.9 Å². The molecule has 0 aliphatic carbocycles. The molecule has 0 aliphatic heterocycles. The molecule has 1 aromatic heterocycles. The van der Waals surface area contributed by atoms with Crippen LogP contribution in [-0.4, -0.2) is 19.1 Å². The normalized spacial score (nSPS) is 11.2. The molecular formula is C24H25NO5. The van der Waals surface area contributed by atoms with Crippen LogP contribution in [-0.2, 0) is 11.3 Å². The fourth-order valence-corrected chi connectivity index (χ4v) is 3.07. The first kappa shape index (κ1) is 21.2. The molecule has 30 heavy (non-hydrogen) atoms. The number of nitrogens with one attached hydrogen (secondary N) is 1. The van der Waals surface area contributed by atoms with E-state index in [2.05, 4.69) is 5.32 Å². The molecule has 1 heterocycles. The maximum absolute atomic E-state index is 12.4. The lowest BCUT2D eigenvalue weighted by Gasteiger charge is -2.16. The summed E-state index contributed by atoms with van der Waals surface area (Å²) in [5, 5.41) is 3.65. The zero-order valence-electron chi connectivity index (χ0n) is 17.5. The Hall–Kier alpha value is -3.54. The van der Waals surface area contributed by atoms with Crippen molar-refractivity contribution in [3.63, 3.8) is 0 Å². The van der Waals surface area contributed by atoms with Crippen LogP contribution in [0.4, 0.5) is 0 Å². The highest BCUT2D eigenvalue weighted by Gasteiger charge is 2.15. The van der Waals surface area contributed by atoms with E-state index in [0.29, 0.717) is 16.9 Å². The molecule has 0 atom stereocenters. The fraction of sp³-hybridized carbons (Fsp3) is 0.250. The van der Waals surface area contributed by atoms with Crippen LogP contribution < -0.4 is 20.4 Å². The summed E-state index contributed by atoms with van der Waals surface area (Å²) in [5.41, 5.74) is 2.31. The number of ether oxygens (including phenoxy) is 2. The second-order valence-corrected chi connectivity index (χ2v) is 7.16. The quantitative estimate of drug-likeness (QED) is 0.469. The Bertz CT molecular complexity index is 1130. The van der Waals surface area contributed by atoms with Gasteiger partial charge in [0.1, 0.15) is 17.1 Å². The minimum Gasteiger partial charge on any atom is -0.497 e. The molecule has 2 aromatic carbocycles. The standard InChI is InChI=1S/C24H25NO5/c1-15(2)29-21-11-10-19-16(3)13-23(27)30-24(19)20(21)14-25-22(26)12-7-17-5-8-18(28-4)9-6-17/h5-13,15H,14H2,1-4H3,(H,25,26)/b12-7+. The lowest BCUT2D eigenvalue weighted by atomic mass is 10.1. The zero-order chi connectivity index (χ0) is 21.7. The number of hydrogen-bond donors (Lipinski definition) is 1. The van der Waals surface area contributed by atoms with Crippen molar-refractivity contribution in [1.82, 2.24) is 5.32 Å². The largest absolute Gasteiger partial charge is 0.497 e. The highest BCUT2D eigenvalue weighted by molar-refractivity contribution is 5.92. The number of amides is 1. The number of aryl methyl sites for hydroxylation is 1. The highest BCUT2D eigenvalue weighted by atomic mass is 16.5. The molecule has 6 heteroatoms. The number of carbonyl (C=O) groups is 1. The molecule has 0 unspecified atom stereocenters. The Morgan fingerprint density at radius 3 is 2.57 bits per heavy atom. The van der Waals surface area contributed by atoms with Gasteiger partial charge in [0.15, 0.2) is 0 Å². The summed E-state index contributed by atoms with van der Waals surface area (Å²) in [6.45, 7) is 5.84. The minimum atomic E-state index is -0.436. The van der Waals surface area contributed by atoms with Crippen molar-refractivity contribution in [2.24, 2.45) is 0 Å². The molecule has 0 bridgehead atoms. The van der Waals surface area contributed by atoms with Crippen molar-refractivity contribution < 1.29 is 18.7 Å². The molecule has 156 valence electrons. The van der Waals surface area contributed by atoms with Crippen LogP contribution in [0.1, 0.15) is 30.5 Å². The smallest absolute Gasteiger partial charge is 0.336 e. The third-order valence-electron chi connectivity index (χ3n) is 4.52. The average Bonchev–Trinajstić information content (AvgIpc) is 2.71. The second-order valence-electron chi connectivity index (χ2n) is 7.16. The Labute approximate surface area is 175 Å². The summed E-state index contributed by atoms with van der Waals surface area (Å²) in [5.74, 6) is 1.06. The van der Waals surface area contributed by atoms with E-state index in [9.17, 15) is 9.59 Å². The fourth-order valence-electron chi connectivity index (χ4n) is 3.07. The van der Waals surface area contributed by atoms with Crippen molar-refractivity contribution in [2.75, 3.05) is 7.11 Å². The van der Waals surface area contributed by atoms with Crippen LogP contribution in [0.2, 0.25) is 0 Å². The summed E-state index contributed by atoms with van der Waals surface area (Å²) in [7, 11) is 1.60. The number of rotatable bonds is 7. The Morgan fingerprint density at radius 1 is 1.17 bits per heavy atom. The number of carbonyl (C=O) groups excluding carboxylic acids is 1. The number of fused-ring (bicyclic) bond motifs is 1. The summed E-state index contributed by atoms with van der Waals surface area (Å²) >= 11 is 0. The lowest BCUT2D eigenvalue weighted by Crippen LogP contribution is -2.21. The van der Waals surface area contributed by atoms with Crippen molar-refractivity contribution in [1.29, 1.82) is 0 Å². The van der Waals surface area contributed by atoms with E-state index in [1.54, 1.807) is 13.2 Å². The molecule has 0 radical (unpaired) electrons. The lowest BCUT2D eigenvalue weighted by molar-refractivity contribution is -0.116. The number of benzene rings is 2. The highest BCUT2D eigenvalue weighted by Crippen LogP contribution is 2.29. The van der Waals surface area contributed by atoms with Gasteiger partial charge in [0.25, 0.3) is 0 Å². The third-order valence-corrected chi connectivity index (χ3v) is 4.52. The van der Waals surface area contributed by atoms with Gasteiger partial charge in [0.2, 0.25) is 5.91 Å². The van der Waals surface area contributed by atoms with Crippen LogP contribution in [0.5, 0.6) is 11.5 Å². The van der Waals surface area contributed by atoms with Crippen LogP contribution in [0, 0.1) is 6.92 Å². The first-order chi connectivity index (χ1) is 14.4. The SMILES string of the molecule is COc1ccc(/C=C/C(=O)NCc2c(OC(C)C)ccc3c(C)cc(=O)oc23)cc1.